The zero-order valence-corrected chi connectivity index (χ0v) is 11.1. The first-order valence-electron chi connectivity index (χ1n) is 6.47. The Morgan fingerprint density at radius 1 is 1.42 bits per heavy atom. The van der Waals surface area contributed by atoms with Crippen LogP contribution in [0.2, 0.25) is 0 Å². The molecule has 2 N–H and O–H groups in total. The molecule has 2 aromatic rings. The van der Waals surface area contributed by atoms with Gasteiger partial charge in [-0.2, -0.15) is 0 Å². The number of aromatic nitrogens is 2. The van der Waals surface area contributed by atoms with E-state index in [-0.39, 0.29) is 6.42 Å². The fourth-order valence-corrected chi connectivity index (χ4v) is 2.13. The monoisotopic (exact) mass is 261 g/mol. The molecule has 1 aromatic heterocycles. The Hall–Kier alpha value is -1.88. The molecule has 5 nitrogen and oxygen atoms in total. The minimum absolute atomic E-state index is 0.258. The minimum atomic E-state index is -0.715. The summed E-state index contributed by atoms with van der Waals surface area (Å²) in [7, 11) is 2.05. The molecular weight excluding hydrogens is 242 g/mol. The summed E-state index contributed by atoms with van der Waals surface area (Å²) in [6.45, 7) is 1.77. The number of nitrogens with zero attached hydrogens (tertiary/aromatic N) is 2. The third kappa shape index (κ3) is 4.06. The molecule has 0 radical (unpaired) electrons. The van der Waals surface area contributed by atoms with Crippen LogP contribution in [-0.4, -0.2) is 39.5 Å². The zero-order valence-electron chi connectivity index (χ0n) is 11.1. The summed E-state index contributed by atoms with van der Waals surface area (Å²) in [5, 5.41) is 8.57. The van der Waals surface area contributed by atoms with Crippen LogP contribution in [0.25, 0.3) is 11.0 Å². The van der Waals surface area contributed by atoms with Crippen LogP contribution in [0.5, 0.6) is 0 Å². The van der Waals surface area contributed by atoms with Gasteiger partial charge in [0.25, 0.3) is 0 Å². The number of aromatic amines is 1. The Labute approximate surface area is 112 Å². The number of carboxylic acids is 1. The maximum atomic E-state index is 10.4. The predicted octanol–water partition coefficient (Wildman–Crippen LogP) is 2.25. The molecule has 1 heterocycles. The Morgan fingerprint density at radius 3 is 3.05 bits per heavy atom. The summed E-state index contributed by atoms with van der Waals surface area (Å²) in [5.74, 6) is -0.715. The molecule has 1 aromatic carbocycles. The number of nitrogens with one attached hydrogen (secondary N) is 1. The molecule has 19 heavy (non-hydrogen) atoms. The molecule has 0 atom stereocenters. The van der Waals surface area contributed by atoms with Gasteiger partial charge >= 0.3 is 5.97 Å². The average molecular weight is 261 g/mol. The van der Waals surface area contributed by atoms with Gasteiger partial charge in [-0.05, 0) is 44.1 Å². The molecule has 5 heteroatoms. The number of unbranched alkanes of at least 4 members (excludes halogenated alkanes) is 1. The number of hydrogen-bond donors (Lipinski definition) is 2. The van der Waals surface area contributed by atoms with Crippen molar-refractivity contribution in [1.82, 2.24) is 14.9 Å². The SMILES string of the molecule is CN(CCCCC(=O)O)Cc1ccc2nc[nH]c2c1. The predicted molar refractivity (Wildman–Crippen MR) is 73.9 cm³/mol. The van der Waals surface area contributed by atoms with E-state index in [2.05, 4.69) is 34.0 Å². The van der Waals surface area contributed by atoms with Gasteiger partial charge in [-0.3, -0.25) is 4.79 Å². The first-order chi connectivity index (χ1) is 9.15. The van der Waals surface area contributed by atoms with Crippen LogP contribution >= 0.6 is 0 Å². The van der Waals surface area contributed by atoms with Gasteiger partial charge in [0.15, 0.2) is 0 Å². The Kier molecular flexibility index (Phi) is 4.52. The van der Waals surface area contributed by atoms with Crippen molar-refractivity contribution in [3.63, 3.8) is 0 Å². The quantitative estimate of drug-likeness (QED) is 0.750. The molecule has 0 bridgehead atoms. The van der Waals surface area contributed by atoms with Gasteiger partial charge in [-0.15, -0.1) is 0 Å². The van der Waals surface area contributed by atoms with Crippen LogP contribution in [0.15, 0.2) is 24.5 Å². The van der Waals surface area contributed by atoms with E-state index < -0.39 is 5.97 Å². The summed E-state index contributed by atoms with van der Waals surface area (Å²) >= 11 is 0. The summed E-state index contributed by atoms with van der Waals surface area (Å²) in [5.41, 5.74) is 3.27. The third-order valence-electron chi connectivity index (χ3n) is 3.12. The van der Waals surface area contributed by atoms with E-state index >= 15 is 0 Å². The van der Waals surface area contributed by atoms with Crippen molar-refractivity contribution < 1.29 is 9.90 Å². The number of imidazole rings is 1. The Morgan fingerprint density at radius 2 is 2.26 bits per heavy atom. The molecule has 0 aliphatic rings. The fourth-order valence-electron chi connectivity index (χ4n) is 2.13. The van der Waals surface area contributed by atoms with Crippen molar-refractivity contribution in [3.8, 4) is 0 Å². The topological polar surface area (TPSA) is 69.2 Å². The Bertz CT molecular complexity index is 550. The normalized spacial score (nSPS) is 11.3. The summed E-state index contributed by atoms with van der Waals surface area (Å²) in [6, 6.07) is 6.20. The number of carboxylic acid groups (broad SMARTS) is 1. The summed E-state index contributed by atoms with van der Waals surface area (Å²) < 4.78 is 0. The first kappa shape index (κ1) is 13.5. The van der Waals surface area contributed by atoms with Crippen LogP contribution < -0.4 is 0 Å². The number of benzene rings is 1. The van der Waals surface area contributed by atoms with Gasteiger partial charge in [0.05, 0.1) is 17.4 Å². The lowest BCUT2D eigenvalue weighted by Gasteiger charge is -2.16. The number of H-pyrrole nitrogens is 1. The van der Waals surface area contributed by atoms with Crippen LogP contribution in [0, 0.1) is 0 Å². The van der Waals surface area contributed by atoms with Crippen molar-refractivity contribution in [2.75, 3.05) is 13.6 Å². The average Bonchev–Trinajstić information content (AvgIpc) is 2.82. The van der Waals surface area contributed by atoms with E-state index in [4.69, 9.17) is 5.11 Å². The van der Waals surface area contributed by atoms with Gasteiger partial charge < -0.3 is 15.0 Å². The Balaban J connectivity index is 1.81. The van der Waals surface area contributed by atoms with Crippen molar-refractivity contribution in [3.05, 3.63) is 30.1 Å². The highest BCUT2D eigenvalue weighted by Crippen LogP contribution is 2.13. The van der Waals surface area contributed by atoms with Crippen molar-refractivity contribution in [2.24, 2.45) is 0 Å². The molecule has 0 saturated heterocycles. The van der Waals surface area contributed by atoms with Crippen LogP contribution in [-0.2, 0) is 11.3 Å². The summed E-state index contributed by atoms with van der Waals surface area (Å²) in [4.78, 5) is 19.9. The molecule has 0 aliphatic carbocycles. The fraction of sp³-hybridized carbons (Fsp3) is 0.429. The van der Waals surface area contributed by atoms with Gasteiger partial charge in [-0.25, -0.2) is 4.98 Å². The van der Waals surface area contributed by atoms with Crippen molar-refractivity contribution >= 4 is 17.0 Å². The maximum absolute atomic E-state index is 10.4. The van der Waals surface area contributed by atoms with Crippen molar-refractivity contribution in [1.29, 1.82) is 0 Å². The number of rotatable bonds is 7. The van der Waals surface area contributed by atoms with Crippen molar-refractivity contribution in [2.45, 2.75) is 25.8 Å². The second-order valence-corrected chi connectivity index (χ2v) is 4.84. The molecule has 102 valence electrons. The van der Waals surface area contributed by atoms with E-state index in [1.165, 1.54) is 5.56 Å². The minimum Gasteiger partial charge on any atom is -0.481 e. The highest BCUT2D eigenvalue weighted by atomic mass is 16.4. The molecule has 0 saturated carbocycles. The number of carbonyl (C=O) groups is 1. The van der Waals surface area contributed by atoms with Crippen LogP contribution in [0.1, 0.15) is 24.8 Å². The van der Waals surface area contributed by atoms with Crippen LogP contribution in [0.3, 0.4) is 0 Å². The highest BCUT2D eigenvalue weighted by Gasteiger charge is 2.03. The lowest BCUT2D eigenvalue weighted by molar-refractivity contribution is -0.137. The standard InChI is InChI=1S/C14H19N3O2/c1-17(7-3-2-4-14(18)19)9-11-5-6-12-13(8-11)16-10-15-12/h5-6,8,10H,2-4,7,9H2,1H3,(H,15,16)(H,18,19). The largest absolute Gasteiger partial charge is 0.481 e. The van der Waals surface area contributed by atoms with Crippen LogP contribution in [0.4, 0.5) is 0 Å². The zero-order chi connectivity index (χ0) is 13.7. The van der Waals surface area contributed by atoms with E-state index in [0.717, 1.165) is 37.0 Å². The molecular formula is C14H19N3O2. The van der Waals surface area contributed by atoms with Gasteiger partial charge in [0.1, 0.15) is 0 Å². The van der Waals surface area contributed by atoms with Gasteiger partial charge in [-0.1, -0.05) is 6.07 Å². The molecule has 0 spiro atoms. The van der Waals surface area contributed by atoms with E-state index in [0.29, 0.717) is 0 Å². The number of fused-ring (bicyclic) bond motifs is 1. The smallest absolute Gasteiger partial charge is 0.303 e. The molecule has 2 rings (SSSR count). The maximum Gasteiger partial charge on any atom is 0.303 e. The molecule has 0 amide bonds. The lowest BCUT2D eigenvalue weighted by Crippen LogP contribution is -2.19. The van der Waals surface area contributed by atoms with E-state index in [1.54, 1.807) is 6.33 Å². The number of aliphatic carboxylic acids is 1. The first-order valence-corrected chi connectivity index (χ1v) is 6.47. The molecule has 0 fully saturated rings. The molecule has 0 unspecified atom stereocenters. The number of hydrogen-bond acceptors (Lipinski definition) is 3. The second kappa shape index (κ2) is 6.33. The van der Waals surface area contributed by atoms with E-state index in [1.807, 2.05) is 6.07 Å². The molecule has 0 aliphatic heterocycles. The van der Waals surface area contributed by atoms with Gasteiger partial charge in [0.2, 0.25) is 0 Å². The van der Waals surface area contributed by atoms with Gasteiger partial charge in [0, 0.05) is 13.0 Å². The van der Waals surface area contributed by atoms with E-state index in [9.17, 15) is 4.79 Å². The highest BCUT2D eigenvalue weighted by molar-refractivity contribution is 5.75. The lowest BCUT2D eigenvalue weighted by atomic mass is 10.2. The third-order valence-corrected chi connectivity index (χ3v) is 3.12. The second-order valence-electron chi connectivity index (χ2n) is 4.84. The summed E-state index contributed by atoms with van der Waals surface area (Å²) in [6.07, 6.45) is 3.60.